The lowest BCUT2D eigenvalue weighted by Crippen LogP contribution is -2.37. The van der Waals surface area contributed by atoms with Crippen molar-refractivity contribution in [2.45, 2.75) is 45.1 Å². The van der Waals surface area contributed by atoms with Crippen LogP contribution in [-0.4, -0.2) is 29.4 Å². The molecule has 0 bridgehead atoms. The number of benzene rings is 3. The van der Waals surface area contributed by atoms with Crippen molar-refractivity contribution in [2.24, 2.45) is 0 Å². The number of carboxylic acids is 1. The summed E-state index contributed by atoms with van der Waals surface area (Å²) in [4.78, 5) is 11.2. The quantitative estimate of drug-likeness (QED) is 0.304. The van der Waals surface area contributed by atoms with Crippen molar-refractivity contribution in [1.29, 1.82) is 0 Å². The number of aliphatic carboxylic acids is 1. The molecule has 0 radical (unpaired) electrons. The molecule has 3 aromatic carbocycles. The zero-order valence-corrected chi connectivity index (χ0v) is 20.0. The van der Waals surface area contributed by atoms with Crippen molar-refractivity contribution >= 4 is 5.97 Å². The lowest BCUT2D eigenvalue weighted by Gasteiger charge is -2.21. The summed E-state index contributed by atoms with van der Waals surface area (Å²) >= 11 is 0. The number of alkyl halides is 3. The smallest absolute Gasteiger partial charge is 0.416 e. The first-order valence-electron chi connectivity index (χ1n) is 11.2. The molecule has 0 amide bonds. The second kappa shape index (κ2) is 11.2. The number of carbonyl (C=O) groups is 1. The molecule has 3 aromatic rings. The van der Waals surface area contributed by atoms with Crippen LogP contribution in [0.4, 0.5) is 13.2 Å². The Morgan fingerprint density at radius 3 is 1.81 bits per heavy atom. The normalized spacial score (nSPS) is 12.5. The highest BCUT2D eigenvalue weighted by Gasteiger charge is 2.30. The van der Waals surface area contributed by atoms with Crippen LogP contribution in [0.2, 0.25) is 0 Å². The summed E-state index contributed by atoms with van der Waals surface area (Å²) in [7, 11) is 0. The Kier molecular flexibility index (Phi) is 8.34. The first kappa shape index (κ1) is 26.7. The van der Waals surface area contributed by atoms with Crippen LogP contribution in [0.5, 0.6) is 28.7 Å². The number of rotatable bonds is 11. The Hall–Kier alpha value is -3.88. The van der Waals surface area contributed by atoms with E-state index in [1.165, 1.54) is 26.0 Å². The number of hydrogen-bond acceptors (Lipinski definition) is 5. The predicted octanol–water partition coefficient (Wildman–Crippen LogP) is 6.98. The number of hydrogen-bond donors (Lipinski definition) is 1. The van der Waals surface area contributed by atoms with Crippen LogP contribution >= 0.6 is 0 Å². The molecule has 6 nitrogen and oxygen atoms in total. The molecule has 0 aliphatic carbocycles. The fourth-order valence-corrected chi connectivity index (χ4v) is 3.01. The van der Waals surface area contributed by atoms with E-state index in [1.54, 1.807) is 48.5 Å². The zero-order valence-electron chi connectivity index (χ0n) is 20.0. The average molecular weight is 505 g/mol. The number of carboxylic acid groups (broad SMARTS) is 1. The second-order valence-electron chi connectivity index (χ2n) is 8.55. The summed E-state index contributed by atoms with van der Waals surface area (Å²) in [5.41, 5.74) is -2.07. The van der Waals surface area contributed by atoms with Crippen molar-refractivity contribution in [1.82, 2.24) is 0 Å². The van der Waals surface area contributed by atoms with E-state index in [2.05, 4.69) is 0 Å². The van der Waals surface area contributed by atoms with Gasteiger partial charge in [0.1, 0.15) is 28.7 Å². The Morgan fingerprint density at radius 1 is 0.806 bits per heavy atom. The van der Waals surface area contributed by atoms with E-state index in [1.807, 2.05) is 6.92 Å². The van der Waals surface area contributed by atoms with Gasteiger partial charge in [0, 0.05) is 6.42 Å². The predicted molar refractivity (Wildman–Crippen MR) is 127 cm³/mol. The van der Waals surface area contributed by atoms with Gasteiger partial charge in [-0.15, -0.1) is 0 Å². The van der Waals surface area contributed by atoms with E-state index in [0.29, 0.717) is 41.8 Å². The molecule has 0 aromatic heterocycles. The topological polar surface area (TPSA) is 74.2 Å². The van der Waals surface area contributed by atoms with Gasteiger partial charge in [-0.3, -0.25) is 0 Å². The van der Waals surface area contributed by atoms with Gasteiger partial charge in [-0.2, -0.15) is 13.2 Å². The standard InChI is InChI=1S/C27H27F3O6/c1-18(16-17-33-20-8-14-24(15-9-20)36-26(2,3)25(31)32)34-21-10-12-23(13-11-21)35-22-6-4-19(5-7-22)27(28,29)30/h4-15,18H,16-17H2,1-3H3,(H,31,32)/t18-/m0/s1. The molecule has 0 saturated heterocycles. The molecule has 0 spiro atoms. The first-order valence-corrected chi connectivity index (χ1v) is 11.2. The van der Waals surface area contributed by atoms with Crippen molar-refractivity contribution in [2.75, 3.05) is 6.61 Å². The highest BCUT2D eigenvalue weighted by Crippen LogP contribution is 2.32. The van der Waals surface area contributed by atoms with Crippen LogP contribution in [0.3, 0.4) is 0 Å². The molecule has 0 aliphatic rings. The molecule has 3 rings (SSSR count). The van der Waals surface area contributed by atoms with Gasteiger partial charge in [-0.1, -0.05) is 0 Å². The summed E-state index contributed by atoms with van der Waals surface area (Å²) in [6.45, 7) is 5.25. The molecule has 0 aliphatic heterocycles. The van der Waals surface area contributed by atoms with Crippen LogP contribution in [0.15, 0.2) is 72.8 Å². The van der Waals surface area contributed by atoms with E-state index in [-0.39, 0.29) is 6.10 Å². The van der Waals surface area contributed by atoms with Gasteiger partial charge in [0.15, 0.2) is 5.60 Å². The Bertz CT molecular complexity index is 1120. The van der Waals surface area contributed by atoms with E-state index in [9.17, 15) is 18.0 Å². The molecule has 9 heteroatoms. The van der Waals surface area contributed by atoms with Crippen LogP contribution in [0.25, 0.3) is 0 Å². The summed E-state index contributed by atoms with van der Waals surface area (Å²) < 4.78 is 60.6. The Labute approximate surface area is 207 Å². The molecule has 1 N–H and O–H groups in total. The van der Waals surface area contributed by atoms with E-state index >= 15 is 0 Å². The second-order valence-corrected chi connectivity index (χ2v) is 8.55. The lowest BCUT2D eigenvalue weighted by atomic mass is 10.1. The van der Waals surface area contributed by atoms with Gasteiger partial charge in [-0.05, 0) is 93.6 Å². The molecular formula is C27H27F3O6. The molecule has 192 valence electrons. The molecular weight excluding hydrogens is 477 g/mol. The summed E-state index contributed by atoms with van der Waals surface area (Å²) in [6, 6.07) is 18.0. The highest BCUT2D eigenvalue weighted by atomic mass is 19.4. The fraction of sp³-hybridized carbons (Fsp3) is 0.296. The first-order chi connectivity index (χ1) is 16.9. The minimum absolute atomic E-state index is 0.148. The maximum atomic E-state index is 12.7. The molecule has 0 unspecified atom stereocenters. The Morgan fingerprint density at radius 2 is 1.28 bits per heavy atom. The van der Waals surface area contributed by atoms with Crippen molar-refractivity contribution in [3.63, 3.8) is 0 Å². The molecule has 0 saturated carbocycles. The van der Waals surface area contributed by atoms with Crippen molar-refractivity contribution < 1.29 is 42.0 Å². The highest BCUT2D eigenvalue weighted by molar-refractivity contribution is 5.76. The molecule has 0 heterocycles. The SMILES string of the molecule is C[C@@H](CCOc1ccc(OC(C)(C)C(=O)O)cc1)Oc1ccc(Oc2ccc(C(F)(F)F)cc2)cc1. The molecule has 1 atom stereocenters. The third kappa shape index (κ3) is 7.83. The largest absolute Gasteiger partial charge is 0.493 e. The van der Waals surface area contributed by atoms with E-state index in [4.69, 9.17) is 24.1 Å². The van der Waals surface area contributed by atoms with Gasteiger partial charge in [0.05, 0.1) is 18.3 Å². The van der Waals surface area contributed by atoms with Gasteiger partial charge in [-0.25, -0.2) is 4.79 Å². The minimum atomic E-state index is -4.39. The van der Waals surface area contributed by atoms with Gasteiger partial charge < -0.3 is 24.1 Å². The minimum Gasteiger partial charge on any atom is -0.493 e. The number of halogens is 3. The van der Waals surface area contributed by atoms with Crippen molar-refractivity contribution in [3.8, 4) is 28.7 Å². The fourth-order valence-electron chi connectivity index (χ4n) is 3.01. The summed E-state index contributed by atoms with van der Waals surface area (Å²) in [6.07, 6.45) is -3.93. The Balaban J connectivity index is 1.42. The average Bonchev–Trinajstić information content (AvgIpc) is 2.81. The number of ether oxygens (including phenoxy) is 4. The summed E-state index contributed by atoms with van der Waals surface area (Å²) in [5.74, 6) is 1.37. The molecule has 36 heavy (non-hydrogen) atoms. The maximum absolute atomic E-state index is 12.7. The van der Waals surface area contributed by atoms with E-state index in [0.717, 1.165) is 12.1 Å². The van der Waals surface area contributed by atoms with Crippen LogP contribution in [0, 0.1) is 0 Å². The van der Waals surface area contributed by atoms with Gasteiger partial charge in [0.25, 0.3) is 0 Å². The summed E-state index contributed by atoms with van der Waals surface area (Å²) in [5, 5.41) is 9.14. The monoisotopic (exact) mass is 504 g/mol. The third-order valence-electron chi connectivity index (χ3n) is 5.08. The van der Waals surface area contributed by atoms with Gasteiger partial charge >= 0.3 is 12.1 Å². The van der Waals surface area contributed by atoms with E-state index < -0.39 is 23.3 Å². The van der Waals surface area contributed by atoms with Gasteiger partial charge in [0.2, 0.25) is 0 Å². The lowest BCUT2D eigenvalue weighted by molar-refractivity contribution is -0.152. The van der Waals surface area contributed by atoms with Crippen molar-refractivity contribution in [3.05, 3.63) is 78.4 Å². The van der Waals surface area contributed by atoms with Crippen LogP contribution < -0.4 is 18.9 Å². The van der Waals surface area contributed by atoms with Crippen LogP contribution in [-0.2, 0) is 11.0 Å². The third-order valence-corrected chi connectivity index (χ3v) is 5.08. The van der Waals surface area contributed by atoms with Crippen LogP contribution in [0.1, 0.15) is 32.8 Å². The zero-order chi connectivity index (χ0) is 26.3. The maximum Gasteiger partial charge on any atom is 0.416 e. The molecule has 0 fully saturated rings.